The van der Waals surface area contributed by atoms with Crippen molar-refractivity contribution < 1.29 is 0 Å². The summed E-state index contributed by atoms with van der Waals surface area (Å²) in [6.07, 6.45) is 2.47. The Morgan fingerprint density at radius 3 is 2.64 bits per heavy atom. The molecule has 2 rings (SSSR count). The van der Waals surface area contributed by atoms with Crippen LogP contribution in [0.15, 0.2) is 18.2 Å². The van der Waals surface area contributed by atoms with E-state index in [4.69, 9.17) is 5.39 Å². The molecule has 0 atom stereocenters. The van der Waals surface area contributed by atoms with E-state index in [2.05, 4.69) is 15.9 Å². The summed E-state index contributed by atoms with van der Waals surface area (Å²) in [5.74, 6) is 0. The second kappa shape index (κ2) is 3.67. The molecule has 0 bridgehead atoms. The number of aryl methyl sites for hydroxylation is 1. The van der Waals surface area contributed by atoms with Gasteiger partial charge in [0.05, 0.1) is 0 Å². The first-order valence-electron chi connectivity index (χ1n) is 5.02. The lowest BCUT2D eigenvalue weighted by Crippen LogP contribution is -2.17. The molecule has 1 aromatic carbocycles. The second-order valence-electron chi connectivity index (χ2n) is 3.79. The molecule has 3 heteroatoms. The van der Waals surface area contributed by atoms with Crippen molar-refractivity contribution in [3.63, 3.8) is 0 Å². The highest BCUT2D eigenvalue weighted by Crippen LogP contribution is 2.31. The van der Waals surface area contributed by atoms with Crippen molar-refractivity contribution in [2.24, 2.45) is 0 Å². The van der Waals surface area contributed by atoms with E-state index in [1.807, 2.05) is 19.1 Å². The van der Waals surface area contributed by atoms with Crippen molar-refractivity contribution in [1.82, 2.24) is 0 Å². The molecule has 0 radical (unpaired) electrons. The van der Waals surface area contributed by atoms with E-state index in [1.165, 1.54) is 12.8 Å². The van der Waals surface area contributed by atoms with Crippen LogP contribution in [-0.4, -0.2) is 13.1 Å². The Kier molecular flexibility index (Phi) is 2.36. The first kappa shape index (κ1) is 9.01. The van der Waals surface area contributed by atoms with Gasteiger partial charge in [0, 0.05) is 19.2 Å². The molecule has 0 N–H and O–H groups in total. The van der Waals surface area contributed by atoms with Crippen molar-refractivity contribution in [3.05, 3.63) is 28.7 Å². The van der Waals surface area contributed by atoms with Crippen LogP contribution >= 0.6 is 0 Å². The van der Waals surface area contributed by atoms with E-state index in [-0.39, 0.29) is 0 Å². The molecule has 1 aliphatic heterocycles. The van der Waals surface area contributed by atoms with Crippen LogP contribution in [0.4, 0.5) is 11.4 Å². The molecule has 14 heavy (non-hydrogen) atoms. The van der Waals surface area contributed by atoms with Gasteiger partial charge >= 0.3 is 5.69 Å². The Balaban J connectivity index is 2.37. The standard InChI is InChI=1S/C11H14N3/c1-9-4-5-11(10(8-9)13-12)14-6-2-3-7-14/h4-5,8H,2-3,6-7H2,1H3/q+1. The number of diazo groups is 1. The summed E-state index contributed by atoms with van der Waals surface area (Å²) in [5.41, 5.74) is 2.86. The number of rotatable bonds is 1. The number of hydrogen-bond acceptors (Lipinski definition) is 2. The molecule has 1 saturated heterocycles. The molecule has 0 spiro atoms. The zero-order valence-electron chi connectivity index (χ0n) is 8.40. The minimum absolute atomic E-state index is 0.687. The second-order valence-corrected chi connectivity index (χ2v) is 3.79. The van der Waals surface area contributed by atoms with Gasteiger partial charge in [0.15, 0.2) is 4.98 Å². The Hall–Kier alpha value is -1.56. The number of hydrogen-bond donors (Lipinski definition) is 0. The van der Waals surface area contributed by atoms with Gasteiger partial charge in [-0.3, -0.25) is 0 Å². The maximum absolute atomic E-state index is 8.90. The van der Waals surface area contributed by atoms with Crippen LogP contribution in [0, 0.1) is 12.3 Å². The fourth-order valence-corrected chi connectivity index (χ4v) is 1.94. The van der Waals surface area contributed by atoms with Gasteiger partial charge in [0.25, 0.3) is 0 Å². The number of nitrogens with zero attached hydrogens (tertiary/aromatic N) is 3. The average molecular weight is 188 g/mol. The van der Waals surface area contributed by atoms with Crippen LogP contribution in [-0.2, 0) is 0 Å². The van der Waals surface area contributed by atoms with E-state index in [9.17, 15) is 0 Å². The van der Waals surface area contributed by atoms with Crippen LogP contribution in [0.3, 0.4) is 0 Å². The highest BCUT2D eigenvalue weighted by molar-refractivity contribution is 5.71. The van der Waals surface area contributed by atoms with Gasteiger partial charge in [-0.1, -0.05) is 6.07 Å². The van der Waals surface area contributed by atoms with Gasteiger partial charge in [0.2, 0.25) is 5.39 Å². The van der Waals surface area contributed by atoms with Crippen LogP contribution in [0.1, 0.15) is 18.4 Å². The Labute approximate surface area is 84.0 Å². The first-order chi connectivity index (χ1) is 6.81. The molecule has 72 valence electrons. The largest absolute Gasteiger partial charge is 0.408 e. The monoisotopic (exact) mass is 188 g/mol. The van der Waals surface area contributed by atoms with Crippen molar-refractivity contribution in [2.45, 2.75) is 19.8 Å². The third kappa shape index (κ3) is 1.56. The fraction of sp³-hybridized carbons (Fsp3) is 0.455. The van der Waals surface area contributed by atoms with E-state index < -0.39 is 0 Å². The summed E-state index contributed by atoms with van der Waals surface area (Å²) >= 11 is 0. The molecule has 1 aliphatic rings. The Bertz CT molecular complexity index is 373. The van der Waals surface area contributed by atoms with Crippen LogP contribution in [0.25, 0.3) is 4.98 Å². The van der Waals surface area contributed by atoms with Crippen LogP contribution < -0.4 is 4.90 Å². The third-order valence-electron chi connectivity index (χ3n) is 2.69. The van der Waals surface area contributed by atoms with E-state index >= 15 is 0 Å². The molecule has 1 heterocycles. The molecule has 0 saturated carbocycles. The lowest BCUT2D eigenvalue weighted by atomic mass is 10.2. The summed E-state index contributed by atoms with van der Waals surface area (Å²) in [7, 11) is 0. The predicted molar refractivity (Wildman–Crippen MR) is 57.4 cm³/mol. The number of anilines is 1. The first-order valence-corrected chi connectivity index (χ1v) is 5.02. The topological polar surface area (TPSA) is 31.4 Å². The summed E-state index contributed by atoms with van der Waals surface area (Å²) < 4.78 is 0. The molecule has 0 aromatic heterocycles. The van der Waals surface area contributed by atoms with Gasteiger partial charge in [-0.05, 0) is 31.4 Å². The van der Waals surface area contributed by atoms with E-state index in [0.29, 0.717) is 5.69 Å². The lowest BCUT2D eigenvalue weighted by Gasteiger charge is -2.14. The molecular formula is C11H14N3+. The molecule has 0 aliphatic carbocycles. The smallest absolute Gasteiger partial charge is 0.365 e. The summed E-state index contributed by atoms with van der Waals surface area (Å²) in [5, 5.41) is 8.90. The highest BCUT2D eigenvalue weighted by Gasteiger charge is 2.21. The van der Waals surface area contributed by atoms with Crippen LogP contribution in [0.2, 0.25) is 0 Å². The molecular weight excluding hydrogens is 174 g/mol. The fourth-order valence-electron chi connectivity index (χ4n) is 1.94. The Morgan fingerprint density at radius 1 is 1.29 bits per heavy atom. The molecule has 3 nitrogen and oxygen atoms in total. The Morgan fingerprint density at radius 2 is 2.00 bits per heavy atom. The highest BCUT2D eigenvalue weighted by atomic mass is 15.2. The molecule has 0 unspecified atom stereocenters. The maximum Gasteiger partial charge on any atom is 0.408 e. The maximum atomic E-state index is 8.90. The van der Waals surface area contributed by atoms with Gasteiger partial charge in [-0.15, -0.1) is 0 Å². The quantitative estimate of drug-likeness (QED) is 0.634. The zero-order chi connectivity index (χ0) is 9.97. The zero-order valence-corrected chi connectivity index (χ0v) is 8.40. The minimum atomic E-state index is 0.687. The van der Waals surface area contributed by atoms with Gasteiger partial charge in [0.1, 0.15) is 5.69 Å². The molecule has 1 fully saturated rings. The van der Waals surface area contributed by atoms with Crippen molar-refractivity contribution in [1.29, 1.82) is 5.39 Å². The molecule has 0 amide bonds. The third-order valence-corrected chi connectivity index (χ3v) is 2.69. The number of benzene rings is 1. The average Bonchev–Trinajstić information content (AvgIpc) is 2.70. The van der Waals surface area contributed by atoms with Gasteiger partial charge in [-0.25, -0.2) is 0 Å². The van der Waals surface area contributed by atoms with Crippen molar-refractivity contribution in [3.8, 4) is 0 Å². The minimum Gasteiger partial charge on any atom is -0.365 e. The SMILES string of the molecule is Cc1ccc(N2CCCC2)c([N+]#N)c1. The summed E-state index contributed by atoms with van der Waals surface area (Å²) in [6, 6.07) is 6.01. The summed E-state index contributed by atoms with van der Waals surface area (Å²) in [6.45, 7) is 4.15. The van der Waals surface area contributed by atoms with E-state index in [1.54, 1.807) is 0 Å². The van der Waals surface area contributed by atoms with Crippen molar-refractivity contribution >= 4 is 11.4 Å². The van der Waals surface area contributed by atoms with Crippen molar-refractivity contribution in [2.75, 3.05) is 18.0 Å². The molecule has 1 aromatic rings. The predicted octanol–water partition coefficient (Wildman–Crippen LogP) is 3.08. The normalized spacial score (nSPS) is 15.6. The summed E-state index contributed by atoms with van der Waals surface area (Å²) in [4.78, 5) is 5.61. The lowest BCUT2D eigenvalue weighted by molar-refractivity contribution is 0.949. The van der Waals surface area contributed by atoms with E-state index in [0.717, 1.165) is 24.3 Å². The van der Waals surface area contributed by atoms with Gasteiger partial charge < -0.3 is 4.90 Å². The van der Waals surface area contributed by atoms with Crippen LogP contribution in [0.5, 0.6) is 0 Å². The van der Waals surface area contributed by atoms with Gasteiger partial charge in [-0.2, -0.15) is 0 Å².